The summed E-state index contributed by atoms with van der Waals surface area (Å²) in [6.07, 6.45) is -4.57. The van der Waals surface area contributed by atoms with Crippen LogP contribution in [0.4, 0.5) is 31.1 Å². The normalized spacial score (nSPS) is 13.1. The van der Waals surface area contributed by atoms with E-state index in [2.05, 4.69) is 0 Å². The zero-order valence-electron chi connectivity index (χ0n) is 14.9. The van der Waals surface area contributed by atoms with Gasteiger partial charge in [-0.2, -0.15) is 0 Å². The van der Waals surface area contributed by atoms with E-state index in [-0.39, 0.29) is 12.8 Å². The number of carbonyl (C=O) groups is 1. The molecule has 2 aromatic rings. The van der Waals surface area contributed by atoms with Crippen molar-refractivity contribution in [1.82, 2.24) is 0 Å². The lowest BCUT2D eigenvalue weighted by Gasteiger charge is -2.21. The maximum atomic E-state index is 13.9. The fraction of sp³-hybridized carbons (Fsp3) is 0.316. The number of hydrogen-bond donors (Lipinski definition) is 0. The summed E-state index contributed by atoms with van der Waals surface area (Å²) in [6, 6.07) is 1.70. The number of benzene rings is 2. The summed E-state index contributed by atoms with van der Waals surface area (Å²) in [5.41, 5.74) is -1.37. The lowest BCUT2D eigenvalue weighted by atomic mass is 10.1. The Morgan fingerprint density at radius 1 is 0.714 bits per heavy atom. The molecule has 0 amide bonds. The summed E-state index contributed by atoms with van der Waals surface area (Å²) >= 11 is 0. The second-order valence-corrected chi connectivity index (χ2v) is 5.85. The Morgan fingerprint density at radius 3 is 1.25 bits per heavy atom. The predicted octanol–water partition coefficient (Wildman–Crippen LogP) is 6.28. The predicted molar refractivity (Wildman–Crippen MR) is 86.3 cm³/mol. The molecule has 0 radical (unpaired) electrons. The Bertz CT molecular complexity index is 755. The second-order valence-electron chi connectivity index (χ2n) is 5.85. The van der Waals surface area contributed by atoms with Gasteiger partial charge < -0.3 is 9.47 Å². The molecule has 0 N–H and O–H groups in total. The fourth-order valence-electron chi connectivity index (χ4n) is 2.67. The summed E-state index contributed by atoms with van der Waals surface area (Å²) < 4.78 is 91.4. The molecule has 0 saturated carbocycles. The fourth-order valence-corrected chi connectivity index (χ4v) is 2.67. The van der Waals surface area contributed by atoms with Crippen LogP contribution in [0, 0.1) is 34.9 Å². The van der Waals surface area contributed by atoms with Gasteiger partial charge in [-0.25, -0.2) is 31.1 Å². The van der Waals surface area contributed by atoms with Crippen molar-refractivity contribution >= 4 is 6.16 Å². The van der Waals surface area contributed by atoms with E-state index in [4.69, 9.17) is 9.47 Å². The molecule has 0 saturated heterocycles. The third-order valence-electron chi connectivity index (χ3n) is 3.95. The largest absolute Gasteiger partial charge is 0.509 e. The molecule has 9 heteroatoms. The van der Waals surface area contributed by atoms with Crippen LogP contribution in [0.25, 0.3) is 0 Å². The van der Waals surface area contributed by atoms with Gasteiger partial charge in [0, 0.05) is 24.3 Å². The molecule has 28 heavy (non-hydrogen) atoms. The highest BCUT2D eigenvalue weighted by Crippen LogP contribution is 2.31. The topological polar surface area (TPSA) is 35.5 Å². The van der Waals surface area contributed by atoms with Crippen molar-refractivity contribution in [3.05, 3.63) is 70.3 Å². The van der Waals surface area contributed by atoms with E-state index in [0.717, 1.165) is 0 Å². The van der Waals surface area contributed by atoms with Gasteiger partial charge in [0.2, 0.25) is 0 Å². The molecule has 2 atom stereocenters. The Hall–Kier alpha value is -2.71. The molecule has 0 aliphatic rings. The average molecular weight is 406 g/mol. The van der Waals surface area contributed by atoms with Gasteiger partial charge in [0.1, 0.15) is 47.1 Å². The van der Waals surface area contributed by atoms with Crippen molar-refractivity contribution in [3.8, 4) is 0 Å². The van der Waals surface area contributed by atoms with Crippen molar-refractivity contribution < 1.29 is 40.6 Å². The van der Waals surface area contributed by atoms with Crippen LogP contribution >= 0.6 is 0 Å². The van der Waals surface area contributed by atoms with E-state index in [1.807, 2.05) is 0 Å². The van der Waals surface area contributed by atoms with Crippen LogP contribution in [0.15, 0.2) is 24.3 Å². The molecule has 0 spiro atoms. The van der Waals surface area contributed by atoms with Crippen molar-refractivity contribution in [3.63, 3.8) is 0 Å². The standard InChI is InChI=1S/C19H16F6O3/c1-3-15(17-11(22)5-9(20)6-12(17)23)27-19(26)28-16(4-2)18-13(24)7-10(21)8-14(18)25/h5-8,15-16H,3-4H2,1-2H3. The van der Waals surface area contributed by atoms with Crippen molar-refractivity contribution in [1.29, 1.82) is 0 Å². The Labute approximate surface area is 156 Å². The minimum atomic E-state index is -1.46. The molecular weight excluding hydrogens is 390 g/mol. The first-order chi connectivity index (χ1) is 13.2. The summed E-state index contributed by atoms with van der Waals surface area (Å²) in [5, 5.41) is 0. The summed E-state index contributed by atoms with van der Waals surface area (Å²) in [6.45, 7) is 2.88. The number of halogens is 6. The van der Waals surface area contributed by atoms with Gasteiger partial charge in [0.25, 0.3) is 0 Å². The molecular formula is C19H16F6O3. The zero-order valence-corrected chi connectivity index (χ0v) is 14.9. The number of rotatable bonds is 6. The van der Waals surface area contributed by atoms with Crippen LogP contribution in [0.5, 0.6) is 0 Å². The first-order valence-corrected chi connectivity index (χ1v) is 8.34. The van der Waals surface area contributed by atoms with Gasteiger partial charge in [-0.3, -0.25) is 0 Å². The van der Waals surface area contributed by atoms with Crippen LogP contribution in [0.3, 0.4) is 0 Å². The van der Waals surface area contributed by atoms with Crippen LogP contribution < -0.4 is 0 Å². The van der Waals surface area contributed by atoms with Crippen LogP contribution in [-0.4, -0.2) is 6.16 Å². The Morgan fingerprint density at radius 2 is 1.00 bits per heavy atom. The molecule has 0 aliphatic heterocycles. The molecule has 0 aliphatic carbocycles. The maximum absolute atomic E-state index is 13.9. The quantitative estimate of drug-likeness (QED) is 0.419. The molecule has 152 valence electrons. The van der Waals surface area contributed by atoms with E-state index in [1.165, 1.54) is 13.8 Å². The molecule has 2 aromatic carbocycles. The van der Waals surface area contributed by atoms with Gasteiger partial charge in [0.05, 0.1) is 11.1 Å². The van der Waals surface area contributed by atoms with E-state index >= 15 is 0 Å². The highest BCUT2D eigenvalue weighted by atomic mass is 19.2. The van der Waals surface area contributed by atoms with Gasteiger partial charge >= 0.3 is 6.16 Å². The average Bonchev–Trinajstić information content (AvgIpc) is 2.58. The smallest absolute Gasteiger partial charge is 0.426 e. The molecule has 2 unspecified atom stereocenters. The maximum Gasteiger partial charge on any atom is 0.509 e. The lowest BCUT2D eigenvalue weighted by molar-refractivity contribution is -0.00842. The van der Waals surface area contributed by atoms with Crippen LogP contribution in [0.1, 0.15) is 50.0 Å². The van der Waals surface area contributed by atoms with Gasteiger partial charge in [-0.05, 0) is 12.8 Å². The van der Waals surface area contributed by atoms with Gasteiger partial charge in [-0.15, -0.1) is 0 Å². The summed E-state index contributed by atoms with van der Waals surface area (Å²) in [4.78, 5) is 12.0. The molecule has 3 nitrogen and oxygen atoms in total. The SMILES string of the molecule is CCC(OC(=O)OC(CC)c1c(F)cc(F)cc1F)c1c(F)cc(F)cc1F. The Kier molecular flexibility index (Phi) is 6.93. The zero-order chi connectivity index (χ0) is 21.0. The monoisotopic (exact) mass is 406 g/mol. The first kappa shape index (κ1) is 21.6. The van der Waals surface area contributed by atoms with Crippen molar-refractivity contribution in [2.45, 2.75) is 38.9 Å². The molecule has 0 aromatic heterocycles. The third kappa shape index (κ3) is 4.76. The molecule has 0 heterocycles. The minimum Gasteiger partial charge on any atom is -0.426 e. The molecule has 2 rings (SSSR count). The lowest BCUT2D eigenvalue weighted by Crippen LogP contribution is -2.19. The first-order valence-electron chi connectivity index (χ1n) is 8.34. The van der Waals surface area contributed by atoms with E-state index < -0.39 is 64.4 Å². The van der Waals surface area contributed by atoms with Crippen molar-refractivity contribution in [2.24, 2.45) is 0 Å². The number of ether oxygens (including phenoxy) is 2. The van der Waals surface area contributed by atoms with Gasteiger partial charge in [0.15, 0.2) is 0 Å². The van der Waals surface area contributed by atoms with Crippen molar-refractivity contribution in [2.75, 3.05) is 0 Å². The second kappa shape index (κ2) is 8.99. The summed E-state index contributed by atoms with van der Waals surface area (Å²) in [5.74, 6) is -7.35. The van der Waals surface area contributed by atoms with E-state index in [1.54, 1.807) is 0 Å². The van der Waals surface area contributed by atoms with Gasteiger partial charge in [-0.1, -0.05) is 13.8 Å². The van der Waals surface area contributed by atoms with E-state index in [9.17, 15) is 31.1 Å². The highest BCUT2D eigenvalue weighted by Gasteiger charge is 2.28. The third-order valence-corrected chi connectivity index (χ3v) is 3.95. The Balaban J connectivity index is 2.22. The van der Waals surface area contributed by atoms with Crippen LogP contribution in [-0.2, 0) is 9.47 Å². The highest BCUT2D eigenvalue weighted by molar-refractivity contribution is 5.61. The van der Waals surface area contributed by atoms with E-state index in [0.29, 0.717) is 24.3 Å². The summed E-state index contributed by atoms with van der Waals surface area (Å²) in [7, 11) is 0. The molecule has 0 fully saturated rings. The number of hydrogen-bond acceptors (Lipinski definition) is 3. The van der Waals surface area contributed by atoms with Crippen LogP contribution in [0.2, 0.25) is 0 Å². The minimum absolute atomic E-state index is 0.0926. The number of carbonyl (C=O) groups excluding carboxylic acids is 1. The molecule has 0 bridgehead atoms.